The van der Waals surface area contributed by atoms with Crippen molar-refractivity contribution < 1.29 is 9.66 Å². The lowest BCUT2D eigenvalue weighted by Crippen LogP contribution is -2.25. The Labute approximate surface area is 111 Å². The van der Waals surface area contributed by atoms with Gasteiger partial charge >= 0.3 is 0 Å². The fourth-order valence-electron chi connectivity index (χ4n) is 1.73. The lowest BCUT2D eigenvalue weighted by molar-refractivity contribution is -0.384. The van der Waals surface area contributed by atoms with Crippen LogP contribution in [0.5, 0.6) is 0 Å². The van der Waals surface area contributed by atoms with Crippen LogP contribution in [0.3, 0.4) is 0 Å². The van der Waals surface area contributed by atoms with Gasteiger partial charge < -0.3 is 15.5 Å². The maximum absolute atomic E-state index is 10.8. The van der Waals surface area contributed by atoms with E-state index >= 15 is 0 Å². The van der Waals surface area contributed by atoms with Gasteiger partial charge in [-0.05, 0) is 6.42 Å². The van der Waals surface area contributed by atoms with Crippen LogP contribution in [0.1, 0.15) is 19.8 Å². The van der Waals surface area contributed by atoms with Gasteiger partial charge in [0.05, 0.1) is 29.7 Å². The zero-order valence-electron chi connectivity index (χ0n) is 11.0. The molecular weight excluding hydrogens is 250 g/mol. The molecule has 0 aliphatic carbocycles. The third-order valence-corrected chi connectivity index (χ3v) is 2.53. The summed E-state index contributed by atoms with van der Waals surface area (Å²) in [6.45, 7) is 2.56. The minimum atomic E-state index is -0.487. The normalized spacial score (nSPS) is 11.9. The van der Waals surface area contributed by atoms with Gasteiger partial charge in [0.15, 0.2) is 0 Å². The van der Waals surface area contributed by atoms with E-state index in [9.17, 15) is 10.1 Å². The number of hydrazine groups is 1. The van der Waals surface area contributed by atoms with Gasteiger partial charge in [-0.2, -0.15) is 0 Å². The summed E-state index contributed by atoms with van der Waals surface area (Å²) in [5.74, 6) is 5.89. The molecule has 1 aromatic heterocycles. The SMILES string of the molecule is CCCC(COC)Nc1cc([N+](=O)[O-])cc(NN)n1. The molecule has 8 heteroatoms. The van der Waals surface area contributed by atoms with Crippen LogP contribution in [0.2, 0.25) is 0 Å². The second-order valence-electron chi connectivity index (χ2n) is 4.08. The second kappa shape index (κ2) is 7.49. The minimum absolute atomic E-state index is 0.0510. The molecule has 8 nitrogen and oxygen atoms in total. The Kier molecular flexibility index (Phi) is 5.97. The van der Waals surface area contributed by atoms with Crippen LogP contribution in [0.4, 0.5) is 17.3 Å². The van der Waals surface area contributed by atoms with Crippen LogP contribution in [-0.2, 0) is 4.74 Å². The fourth-order valence-corrected chi connectivity index (χ4v) is 1.73. The predicted molar refractivity (Wildman–Crippen MR) is 72.9 cm³/mol. The Balaban J connectivity index is 2.91. The van der Waals surface area contributed by atoms with E-state index in [2.05, 4.69) is 22.7 Å². The third kappa shape index (κ3) is 4.68. The summed E-state index contributed by atoms with van der Waals surface area (Å²) in [5.41, 5.74) is 2.24. The lowest BCUT2D eigenvalue weighted by Gasteiger charge is -2.18. The molecule has 0 bridgehead atoms. The largest absolute Gasteiger partial charge is 0.383 e. The Morgan fingerprint density at radius 3 is 2.74 bits per heavy atom. The van der Waals surface area contributed by atoms with Crippen LogP contribution in [0.15, 0.2) is 12.1 Å². The van der Waals surface area contributed by atoms with Gasteiger partial charge in [-0.25, -0.2) is 10.8 Å². The average molecular weight is 269 g/mol. The van der Waals surface area contributed by atoms with Crippen molar-refractivity contribution in [2.24, 2.45) is 5.84 Å². The summed E-state index contributed by atoms with van der Waals surface area (Å²) in [7, 11) is 1.61. The molecule has 0 radical (unpaired) electrons. The van der Waals surface area contributed by atoms with E-state index < -0.39 is 4.92 Å². The van der Waals surface area contributed by atoms with Crippen molar-refractivity contribution in [1.82, 2.24) is 4.98 Å². The molecule has 0 aromatic carbocycles. The van der Waals surface area contributed by atoms with E-state index in [1.807, 2.05) is 0 Å². The number of nitro groups is 1. The number of hydrogen-bond donors (Lipinski definition) is 3. The number of methoxy groups -OCH3 is 1. The summed E-state index contributed by atoms with van der Waals surface area (Å²) < 4.78 is 5.10. The molecule has 1 rings (SSSR count). The second-order valence-corrected chi connectivity index (χ2v) is 4.08. The number of nitrogens with one attached hydrogen (secondary N) is 2. The Bertz CT molecular complexity index is 421. The Morgan fingerprint density at radius 1 is 1.53 bits per heavy atom. The standard InChI is InChI=1S/C11H19N5O3/c1-3-4-8(7-19-2)13-10-5-9(16(17)18)6-11(14-10)15-12/h5-6,8H,3-4,7,12H2,1-2H3,(H2,13,14,15). The molecule has 1 unspecified atom stereocenters. The molecule has 106 valence electrons. The van der Waals surface area contributed by atoms with E-state index in [1.165, 1.54) is 12.1 Å². The van der Waals surface area contributed by atoms with Crippen molar-refractivity contribution in [3.8, 4) is 0 Å². The number of nitrogens with two attached hydrogens (primary N) is 1. The molecule has 1 atom stereocenters. The summed E-state index contributed by atoms with van der Waals surface area (Å²) >= 11 is 0. The van der Waals surface area contributed by atoms with Crippen LogP contribution in [0, 0.1) is 10.1 Å². The van der Waals surface area contributed by atoms with E-state index in [1.54, 1.807) is 7.11 Å². The minimum Gasteiger partial charge on any atom is -0.383 e. The smallest absolute Gasteiger partial charge is 0.276 e. The Morgan fingerprint density at radius 2 is 2.21 bits per heavy atom. The van der Waals surface area contributed by atoms with Gasteiger partial charge in [0.2, 0.25) is 0 Å². The van der Waals surface area contributed by atoms with Gasteiger partial charge in [-0.1, -0.05) is 13.3 Å². The highest BCUT2D eigenvalue weighted by atomic mass is 16.6. The quantitative estimate of drug-likeness (QED) is 0.372. The van der Waals surface area contributed by atoms with Crippen LogP contribution < -0.4 is 16.6 Å². The van der Waals surface area contributed by atoms with Gasteiger partial charge in [0.25, 0.3) is 5.69 Å². The first-order valence-electron chi connectivity index (χ1n) is 5.99. The third-order valence-electron chi connectivity index (χ3n) is 2.53. The summed E-state index contributed by atoms with van der Waals surface area (Å²) in [6, 6.07) is 2.70. The predicted octanol–water partition coefficient (Wildman–Crippen LogP) is 1.50. The lowest BCUT2D eigenvalue weighted by atomic mass is 10.2. The van der Waals surface area contributed by atoms with Crippen molar-refractivity contribution in [1.29, 1.82) is 0 Å². The molecule has 0 aliphatic heterocycles. The van der Waals surface area contributed by atoms with Crippen molar-refractivity contribution in [2.75, 3.05) is 24.5 Å². The number of hydrogen-bond acceptors (Lipinski definition) is 7. The van der Waals surface area contributed by atoms with Crippen LogP contribution >= 0.6 is 0 Å². The topological polar surface area (TPSA) is 115 Å². The molecule has 0 fully saturated rings. The highest BCUT2D eigenvalue weighted by Gasteiger charge is 2.14. The van der Waals surface area contributed by atoms with Gasteiger partial charge in [-0.3, -0.25) is 10.1 Å². The molecule has 0 spiro atoms. The first-order chi connectivity index (χ1) is 9.10. The summed E-state index contributed by atoms with van der Waals surface area (Å²) in [6.07, 6.45) is 1.85. The number of anilines is 2. The molecule has 1 aromatic rings. The first kappa shape index (κ1) is 15.1. The van der Waals surface area contributed by atoms with E-state index in [0.717, 1.165) is 12.8 Å². The zero-order valence-corrected chi connectivity index (χ0v) is 11.0. The highest BCUT2D eigenvalue weighted by Crippen LogP contribution is 2.21. The maximum Gasteiger partial charge on any atom is 0.276 e. The van der Waals surface area contributed by atoms with Crippen molar-refractivity contribution in [3.63, 3.8) is 0 Å². The summed E-state index contributed by atoms with van der Waals surface area (Å²) in [5, 5.41) is 13.9. The first-order valence-corrected chi connectivity index (χ1v) is 5.99. The van der Waals surface area contributed by atoms with Crippen molar-refractivity contribution in [2.45, 2.75) is 25.8 Å². The van der Waals surface area contributed by atoms with Gasteiger partial charge in [0.1, 0.15) is 11.6 Å². The van der Waals surface area contributed by atoms with E-state index in [-0.39, 0.29) is 17.5 Å². The maximum atomic E-state index is 10.8. The number of aromatic nitrogens is 1. The molecule has 1 heterocycles. The van der Waals surface area contributed by atoms with Gasteiger partial charge in [0, 0.05) is 7.11 Å². The highest BCUT2D eigenvalue weighted by molar-refractivity contribution is 5.54. The van der Waals surface area contributed by atoms with E-state index in [0.29, 0.717) is 12.4 Å². The number of nitrogens with zero attached hydrogens (tertiary/aromatic N) is 2. The molecule has 0 saturated carbocycles. The molecular formula is C11H19N5O3. The van der Waals surface area contributed by atoms with Crippen LogP contribution in [0.25, 0.3) is 0 Å². The molecule has 4 N–H and O–H groups in total. The van der Waals surface area contributed by atoms with Gasteiger partial charge in [-0.15, -0.1) is 0 Å². The molecule has 19 heavy (non-hydrogen) atoms. The number of ether oxygens (including phenoxy) is 1. The van der Waals surface area contributed by atoms with E-state index in [4.69, 9.17) is 10.6 Å². The number of rotatable bonds is 8. The monoisotopic (exact) mass is 269 g/mol. The van der Waals surface area contributed by atoms with Crippen molar-refractivity contribution >= 4 is 17.3 Å². The van der Waals surface area contributed by atoms with Crippen molar-refractivity contribution in [3.05, 3.63) is 22.2 Å². The molecule has 0 aliphatic rings. The fraction of sp³-hybridized carbons (Fsp3) is 0.545. The Hall–Kier alpha value is -1.93. The number of pyridine rings is 1. The zero-order chi connectivity index (χ0) is 14.3. The van der Waals surface area contributed by atoms with Crippen LogP contribution in [-0.4, -0.2) is 29.7 Å². The molecule has 0 saturated heterocycles. The number of nitrogen functional groups attached to an aromatic ring is 1. The average Bonchev–Trinajstić information content (AvgIpc) is 2.38. The summed E-state index contributed by atoms with van der Waals surface area (Å²) in [4.78, 5) is 14.5. The molecule has 0 amide bonds.